The highest BCUT2D eigenvalue weighted by atomic mass is 15.4. The van der Waals surface area contributed by atoms with E-state index in [1.807, 2.05) is 36.7 Å². The normalized spacial score (nSPS) is 16.7. The molecule has 6 nitrogen and oxygen atoms in total. The van der Waals surface area contributed by atoms with Crippen LogP contribution in [-0.4, -0.2) is 34.5 Å². The van der Waals surface area contributed by atoms with Crippen LogP contribution in [0.25, 0.3) is 0 Å². The molecule has 1 aliphatic carbocycles. The molecule has 0 fully saturated rings. The van der Waals surface area contributed by atoms with Crippen LogP contribution < -0.4 is 17.3 Å². The Balaban J connectivity index is 1.70. The molecule has 2 aromatic rings. The number of rotatable bonds is 10. The summed E-state index contributed by atoms with van der Waals surface area (Å²) in [7, 11) is 0. The highest BCUT2D eigenvalue weighted by Gasteiger charge is 2.27. The molecule has 6 heteroatoms. The maximum absolute atomic E-state index is 6.41. The van der Waals surface area contributed by atoms with Crippen LogP contribution in [0.5, 0.6) is 0 Å². The lowest BCUT2D eigenvalue weighted by Gasteiger charge is -2.35. The van der Waals surface area contributed by atoms with Gasteiger partial charge in [-0.05, 0) is 62.4 Å². The first kappa shape index (κ1) is 21.3. The zero-order chi connectivity index (χ0) is 20.5. The fourth-order valence-electron chi connectivity index (χ4n) is 4.07. The molecule has 0 aliphatic heterocycles. The van der Waals surface area contributed by atoms with Crippen molar-refractivity contribution >= 4 is 0 Å². The Hall–Kier alpha value is -2.41. The zero-order valence-electron chi connectivity index (χ0n) is 17.2. The second-order valence-corrected chi connectivity index (χ2v) is 7.78. The van der Waals surface area contributed by atoms with Gasteiger partial charge in [0, 0.05) is 24.6 Å². The van der Waals surface area contributed by atoms with Crippen molar-refractivity contribution in [2.75, 3.05) is 19.6 Å². The number of fused-ring (bicyclic) bond motifs is 1. The molecule has 0 amide bonds. The van der Waals surface area contributed by atoms with E-state index in [9.17, 15) is 0 Å². The third kappa shape index (κ3) is 6.29. The number of hydrogen-bond acceptors (Lipinski definition) is 6. The van der Waals surface area contributed by atoms with Crippen molar-refractivity contribution < 1.29 is 0 Å². The molecule has 1 unspecified atom stereocenters. The Kier molecular flexibility index (Phi) is 8.04. The first-order chi connectivity index (χ1) is 14.2. The Morgan fingerprint density at radius 2 is 1.97 bits per heavy atom. The molecular weight excluding hydrogens is 360 g/mol. The van der Waals surface area contributed by atoms with Crippen LogP contribution in [-0.2, 0) is 13.0 Å². The first-order valence-electron chi connectivity index (χ1n) is 10.6. The van der Waals surface area contributed by atoms with E-state index in [0.717, 1.165) is 43.5 Å². The maximum Gasteiger partial charge on any atom is 0.0607 e. The summed E-state index contributed by atoms with van der Waals surface area (Å²) in [5, 5.41) is 1.66. The molecule has 3 rings (SSSR count). The minimum Gasteiger partial charge on any atom is -0.400 e. The van der Waals surface area contributed by atoms with E-state index >= 15 is 0 Å². The standard InChI is InChI=1S/C23H34N6/c24-13-4-5-15-28(22-12-6-10-20-11-7-14-27-23(20)22)17-21(25)18-29(26)16-19-8-2-1-3-9-19/h1-3,7-9,11,14,18,22H,4-6,10,12-13,15-17,24-26H2/b21-18-. The van der Waals surface area contributed by atoms with Gasteiger partial charge in [0.1, 0.15) is 0 Å². The van der Waals surface area contributed by atoms with Crippen LogP contribution in [0.15, 0.2) is 60.6 Å². The Morgan fingerprint density at radius 3 is 2.76 bits per heavy atom. The van der Waals surface area contributed by atoms with Gasteiger partial charge >= 0.3 is 0 Å². The summed E-state index contributed by atoms with van der Waals surface area (Å²) in [6.45, 7) is 2.97. The molecule has 29 heavy (non-hydrogen) atoms. The monoisotopic (exact) mass is 394 g/mol. The molecule has 0 bridgehead atoms. The van der Waals surface area contributed by atoms with E-state index in [4.69, 9.17) is 22.3 Å². The molecule has 1 aromatic carbocycles. The van der Waals surface area contributed by atoms with Gasteiger partial charge in [-0.25, -0.2) is 5.84 Å². The molecule has 0 saturated heterocycles. The van der Waals surface area contributed by atoms with E-state index in [0.29, 0.717) is 25.7 Å². The number of benzene rings is 1. The summed E-state index contributed by atoms with van der Waals surface area (Å²) in [5.74, 6) is 6.19. The number of nitrogens with zero attached hydrogens (tertiary/aromatic N) is 3. The molecule has 1 atom stereocenters. The molecule has 1 aromatic heterocycles. The summed E-state index contributed by atoms with van der Waals surface area (Å²) >= 11 is 0. The SMILES string of the molecule is NCCCCN(C/C(N)=C/N(N)Cc1ccccc1)C1CCCc2cccnc21. The van der Waals surface area contributed by atoms with Gasteiger partial charge in [-0.15, -0.1) is 0 Å². The number of hydrazine groups is 1. The summed E-state index contributed by atoms with van der Waals surface area (Å²) in [5.41, 5.74) is 16.6. The third-order valence-corrected chi connectivity index (χ3v) is 5.43. The van der Waals surface area contributed by atoms with E-state index in [2.05, 4.69) is 23.1 Å². The number of unbranched alkanes of at least 4 members (excludes halogenated alkanes) is 1. The van der Waals surface area contributed by atoms with E-state index in [-0.39, 0.29) is 0 Å². The maximum atomic E-state index is 6.41. The van der Waals surface area contributed by atoms with Crippen molar-refractivity contribution in [3.8, 4) is 0 Å². The van der Waals surface area contributed by atoms with Gasteiger partial charge in [0.05, 0.1) is 18.3 Å². The van der Waals surface area contributed by atoms with Crippen molar-refractivity contribution in [2.24, 2.45) is 17.3 Å². The van der Waals surface area contributed by atoms with Gasteiger partial charge in [0.25, 0.3) is 0 Å². The highest BCUT2D eigenvalue weighted by molar-refractivity contribution is 5.26. The molecule has 1 heterocycles. The van der Waals surface area contributed by atoms with Gasteiger partial charge in [-0.1, -0.05) is 36.4 Å². The van der Waals surface area contributed by atoms with Crippen molar-refractivity contribution in [1.82, 2.24) is 14.9 Å². The van der Waals surface area contributed by atoms with Crippen molar-refractivity contribution in [3.63, 3.8) is 0 Å². The number of hydrogen-bond donors (Lipinski definition) is 3. The minimum absolute atomic E-state index is 0.296. The summed E-state index contributed by atoms with van der Waals surface area (Å²) < 4.78 is 0. The summed E-state index contributed by atoms with van der Waals surface area (Å²) in [4.78, 5) is 7.16. The topological polar surface area (TPSA) is 97.4 Å². The van der Waals surface area contributed by atoms with Crippen molar-refractivity contribution in [3.05, 3.63) is 77.4 Å². The minimum atomic E-state index is 0.296. The van der Waals surface area contributed by atoms with Gasteiger partial charge in [0.2, 0.25) is 0 Å². The lowest BCUT2D eigenvalue weighted by Crippen LogP contribution is -2.37. The fraction of sp³-hybridized carbons (Fsp3) is 0.435. The van der Waals surface area contributed by atoms with Gasteiger partial charge in [-0.2, -0.15) is 0 Å². The highest BCUT2D eigenvalue weighted by Crippen LogP contribution is 2.33. The Labute approximate surface area is 174 Å². The van der Waals surface area contributed by atoms with E-state index in [1.54, 1.807) is 5.01 Å². The Bertz CT molecular complexity index is 776. The predicted molar refractivity (Wildman–Crippen MR) is 118 cm³/mol. The van der Waals surface area contributed by atoms with Crippen LogP contribution in [0.4, 0.5) is 0 Å². The number of nitrogens with two attached hydrogens (primary N) is 3. The lowest BCUT2D eigenvalue weighted by atomic mass is 9.90. The van der Waals surface area contributed by atoms with E-state index in [1.165, 1.54) is 17.7 Å². The van der Waals surface area contributed by atoms with Crippen molar-refractivity contribution in [2.45, 2.75) is 44.7 Å². The van der Waals surface area contributed by atoms with E-state index < -0.39 is 0 Å². The lowest BCUT2D eigenvalue weighted by molar-refractivity contribution is 0.184. The van der Waals surface area contributed by atoms with Crippen LogP contribution in [0, 0.1) is 0 Å². The smallest absolute Gasteiger partial charge is 0.0607 e. The quantitative estimate of drug-likeness (QED) is 0.326. The second kappa shape index (κ2) is 11.0. The molecule has 0 saturated carbocycles. The summed E-state index contributed by atoms with van der Waals surface area (Å²) in [6.07, 6.45) is 9.21. The van der Waals surface area contributed by atoms with Gasteiger partial charge in [-0.3, -0.25) is 9.88 Å². The van der Waals surface area contributed by atoms with Crippen LogP contribution in [0.1, 0.15) is 48.5 Å². The number of aromatic nitrogens is 1. The largest absolute Gasteiger partial charge is 0.400 e. The molecule has 0 spiro atoms. The number of aryl methyl sites for hydroxylation is 1. The average molecular weight is 395 g/mol. The molecule has 1 aliphatic rings. The molecular formula is C23H34N6. The molecule has 0 radical (unpaired) electrons. The number of pyridine rings is 1. The third-order valence-electron chi connectivity index (χ3n) is 5.43. The molecule has 156 valence electrons. The second-order valence-electron chi connectivity index (χ2n) is 7.78. The van der Waals surface area contributed by atoms with Crippen molar-refractivity contribution in [1.29, 1.82) is 0 Å². The predicted octanol–water partition coefficient (Wildman–Crippen LogP) is 2.68. The van der Waals surface area contributed by atoms with Crippen LogP contribution >= 0.6 is 0 Å². The average Bonchev–Trinajstić information content (AvgIpc) is 2.73. The van der Waals surface area contributed by atoms with Gasteiger partial charge < -0.3 is 16.5 Å². The first-order valence-corrected chi connectivity index (χ1v) is 10.6. The van der Waals surface area contributed by atoms with Crippen LogP contribution in [0.2, 0.25) is 0 Å². The zero-order valence-corrected chi connectivity index (χ0v) is 17.2. The fourth-order valence-corrected chi connectivity index (χ4v) is 4.07. The van der Waals surface area contributed by atoms with Gasteiger partial charge in [0.15, 0.2) is 0 Å². The van der Waals surface area contributed by atoms with Crippen LogP contribution in [0.3, 0.4) is 0 Å². The Morgan fingerprint density at radius 1 is 1.14 bits per heavy atom. The summed E-state index contributed by atoms with van der Waals surface area (Å²) in [6, 6.07) is 14.7. The molecule has 6 N–H and O–H groups in total.